The molecule has 1 N–H and O–H groups in total. The highest BCUT2D eigenvalue weighted by Crippen LogP contribution is 2.55. The lowest BCUT2D eigenvalue weighted by Crippen LogP contribution is -2.43. The Labute approximate surface area is 232 Å². The average molecular weight is 657 g/mol. The van der Waals surface area contributed by atoms with Crippen LogP contribution >= 0.6 is 77.4 Å². The average Bonchev–Trinajstić information content (AvgIpc) is 3.32. The van der Waals surface area contributed by atoms with Gasteiger partial charge < -0.3 is 23.7 Å². The van der Waals surface area contributed by atoms with E-state index in [9.17, 15) is 14.2 Å². The van der Waals surface area contributed by atoms with Crippen LogP contribution in [0.25, 0.3) is 0 Å². The third kappa shape index (κ3) is 6.90. The quantitative estimate of drug-likeness (QED) is 0.342. The van der Waals surface area contributed by atoms with Gasteiger partial charge in [-0.3, -0.25) is 27.9 Å². The number of aromatic nitrogens is 2. The SMILES string of the molecule is COC1O[C@@H]2[C@H](O1)[C@H]1O[C@H]2n2c(cc(=O)[nH]c2=O)COC1OP(=O)(OCC(Cl)(Cl)Cl)OCC(Cl)(Cl)Cl. The summed E-state index contributed by atoms with van der Waals surface area (Å²) in [6, 6.07) is 1.11. The lowest BCUT2D eigenvalue weighted by Gasteiger charge is -2.32. The van der Waals surface area contributed by atoms with Gasteiger partial charge in [0.25, 0.3) is 12.0 Å². The first-order valence-electron chi connectivity index (χ1n) is 9.84. The molecule has 204 valence electrons. The predicted octanol–water partition coefficient (Wildman–Crippen LogP) is 2.90. The lowest BCUT2D eigenvalue weighted by atomic mass is 10.1. The molecule has 2 bridgehead atoms. The van der Waals surface area contributed by atoms with E-state index >= 15 is 0 Å². The zero-order chi connectivity index (χ0) is 26.5. The summed E-state index contributed by atoms with van der Waals surface area (Å²) >= 11 is 34.2. The minimum atomic E-state index is -4.68. The predicted molar refractivity (Wildman–Crippen MR) is 126 cm³/mol. The number of fused-ring (bicyclic) bond motifs is 7. The summed E-state index contributed by atoms with van der Waals surface area (Å²) in [4.78, 5) is 26.7. The van der Waals surface area contributed by atoms with Gasteiger partial charge in [0.2, 0.25) is 7.59 Å². The molecule has 0 amide bonds. The Morgan fingerprint density at radius 3 is 2.22 bits per heavy atom. The van der Waals surface area contributed by atoms with Crippen molar-refractivity contribution in [2.24, 2.45) is 0 Å². The Hall–Kier alpha value is 0.330. The fourth-order valence-electron chi connectivity index (χ4n) is 3.62. The van der Waals surface area contributed by atoms with Gasteiger partial charge >= 0.3 is 13.5 Å². The smallest absolute Gasteiger partial charge is 0.344 e. The number of hydrogen-bond acceptors (Lipinski definition) is 11. The molecular formula is C16H17Cl6N2O11P. The van der Waals surface area contributed by atoms with E-state index in [0.29, 0.717) is 0 Å². The minimum absolute atomic E-state index is 0.0881. The van der Waals surface area contributed by atoms with Crippen LogP contribution in [0.4, 0.5) is 0 Å². The number of nitrogens with one attached hydrogen (secondary N) is 1. The first kappa shape index (κ1) is 29.3. The summed E-state index contributed by atoms with van der Waals surface area (Å²) in [6.07, 6.45) is -5.77. The van der Waals surface area contributed by atoms with Crippen LogP contribution in [0.3, 0.4) is 0 Å². The Bertz CT molecular complexity index is 1100. The Balaban J connectivity index is 1.68. The lowest BCUT2D eigenvalue weighted by molar-refractivity contribution is -0.277. The topological polar surface area (TPSA) is 146 Å². The zero-order valence-corrected chi connectivity index (χ0v) is 23.2. The molecule has 4 heterocycles. The fourth-order valence-corrected chi connectivity index (χ4v) is 5.74. The molecule has 1 aromatic rings. The van der Waals surface area contributed by atoms with Gasteiger partial charge in [-0.05, 0) is 0 Å². The van der Waals surface area contributed by atoms with E-state index in [-0.39, 0.29) is 12.3 Å². The standard InChI is InChI=1S/C16H17Cl6N2O11P/c1-28-14-33-8-9(34-14)11-24-6(2-7(25)23-13(24)26)3-29-12(10(8)32-11)35-36(27,30-4-15(17,18)19)31-5-16(20,21)22/h2,8-12,14H,3-5H2,1H3,(H,23,25,26)/t8-,9+,10+,11+,12?,14?/m0/s1. The summed E-state index contributed by atoms with van der Waals surface area (Å²) in [5, 5.41) is 0. The van der Waals surface area contributed by atoms with Crippen molar-refractivity contribution < 1.29 is 41.8 Å². The number of methoxy groups -OCH3 is 1. The van der Waals surface area contributed by atoms with E-state index in [0.717, 1.165) is 10.6 Å². The maximum Gasteiger partial charge on any atom is 0.477 e. The van der Waals surface area contributed by atoms with E-state index in [2.05, 4.69) is 4.98 Å². The Morgan fingerprint density at radius 1 is 1.03 bits per heavy atom. The molecule has 2 unspecified atom stereocenters. The molecule has 0 spiro atoms. The number of alkyl halides is 6. The third-order valence-corrected chi connectivity index (χ3v) is 6.95. The largest absolute Gasteiger partial charge is 0.477 e. The molecule has 0 aliphatic carbocycles. The first-order chi connectivity index (χ1) is 16.7. The molecule has 1 aromatic heterocycles. The minimum Gasteiger partial charge on any atom is -0.344 e. The summed E-state index contributed by atoms with van der Waals surface area (Å²) < 4.78 is 54.5. The van der Waals surface area contributed by atoms with Crippen molar-refractivity contribution in [3.8, 4) is 0 Å². The number of nitrogens with zero attached hydrogens (tertiary/aromatic N) is 1. The molecule has 4 rings (SSSR count). The van der Waals surface area contributed by atoms with Crippen molar-refractivity contribution in [3.05, 3.63) is 32.6 Å². The fraction of sp³-hybridized carbons (Fsp3) is 0.750. The van der Waals surface area contributed by atoms with Gasteiger partial charge in [-0.1, -0.05) is 69.6 Å². The van der Waals surface area contributed by atoms with Crippen LogP contribution in [0.1, 0.15) is 11.9 Å². The maximum atomic E-state index is 13.5. The van der Waals surface area contributed by atoms with E-state index in [1.807, 2.05) is 0 Å². The molecule has 3 aliphatic heterocycles. The van der Waals surface area contributed by atoms with E-state index < -0.39 is 77.2 Å². The zero-order valence-electron chi connectivity index (χ0n) is 17.8. The number of phosphoric acid groups is 1. The maximum absolute atomic E-state index is 13.5. The third-order valence-electron chi connectivity index (χ3n) is 4.93. The molecular weight excluding hydrogens is 640 g/mol. The van der Waals surface area contributed by atoms with Crippen LogP contribution in [0.2, 0.25) is 0 Å². The van der Waals surface area contributed by atoms with Crippen LogP contribution in [0.15, 0.2) is 15.7 Å². The highest BCUT2D eigenvalue weighted by Gasteiger charge is 2.59. The molecule has 13 nitrogen and oxygen atoms in total. The van der Waals surface area contributed by atoms with Gasteiger partial charge in [0.15, 0.2) is 12.5 Å². The van der Waals surface area contributed by atoms with Crippen molar-refractivity contribution in [3.63, 3.8) is 0 Å². The van der Waals surface area contributed by atoms with Crippen LogP contribution in [-0.2, 0) is 48.4 Å². The summed E-state index contributed by atoms with van der Waals surface area (Å²) in [6.45, 7) is -3.01. The van der Waals surface area contributed by atoms with Gasteiger partial charge in [-0.25, -0.2) is 9.36 Å². The summed E-state index contributed by atoms with van der Waals surface area (Å²) in [7, 11) is -3.36. The molecule has 6 atom stereocenters. The van der Waals surface area contributed by atoms with E-state index in [1.165, 1.54) is 7.11 Å². The molecule has 0 aromatic carbocycles. The van der Waals surface area contributed by atoms with Gasteiger partial charge in [-0.2, -0.15) is 0 Å². The molecule has 0 saturated carbocycles. The summed E-state index contributed by atoms with van der Waals surface area (Å²) in [5.74, 6) is 0. The molecule has 2 fully saturated rings. The second-order valence-corrected chi connectivity index (χ2v) is 14.2. The highest BCUT2D eigenvalue weighted by atomic mass is 35.6. The molecule has 0 radical (unpaired) electrons. The highest BCUT2D eigenvalue weighted by molar-refractivity contribution is 7.48. The van der Waals surface area contributed by atoms with E-state index in [4.69, 9.17) is 107 Å². The number of rotatable bonds is 7. The summed E-state index contributed by atoms with van der Waals surface area (Å²) in [5.41, 5.74) is -1.39. The molecule has 36 heavy (non-hydrogen) atoms. The number of aromatic amines is 1. The molecule has 20 heteroatoms. The molecule has 2 saturated heterocycles. The van der Waals surface area contributed by atoms with Gasteiger partial charge in [-0.15, -0.1) is 0 Å². The second kappa shape index (κ2) is 11.1. The monoisotopic (exact) mass is 654 g/mol. The number of ether oxygens (including phenoxy) is 5. The van der Waals surface area contributed by atoms with Crippen molar-refractivity contribution >= 4 is 77.4 Å². The van der Waals surface area contributed by atoms with Crippen molar-refractivity contribution in [1.29, 1.82) is 0 Å². The van der Waals surface area contributed by atoms with Crippen molar-refractivity contribution in [2.45, 2.75) is 51.5 Å². The van der Waals surface area contributed by atoms with Gasteiger partial charge in [0, 0.05) is 13.2 Å². The van der Waals surface area contributed by atoms with Gasteiger partial charge in [0.05, 0.1) is 12.3 Å². The number of phosphoric ester groups is 1. The van der Waals surface area contributed by atoms with Crippen LogP contribution in [0, 0.1) is 0 Å². The van der Waals surface area contributed by atoms with Crippen molar-refractivity contribution in [2.75, 3.05) is 20.3 Å². The van der Waals surface area contributed by atoms with Gasteiger partial charge in [0.1, 0.15) is 31.5 Å². The molecule has 3 aliphatic rings. The number of hydrogen-bond donors (Lipinski definition) is 1. The van der Waals surface area contributed by atoms with Crippen LogP contribution in [0.5, 0.6) is 0 Å². The second-order valence-electron chi connectivity index (χ2n) is 7.53. The normalized spacial score (nSPS) is 30.5. The van der Waals surface area contributed by atoms with Crippen molar-refractivity contribution in [1.82, 2.24) is 9.55 Å². The Morgan fingerprint density at radius 2 is 1.64 bits per heavy atom. The Kier molecular flexibility index (Phi) is 9.01. The first-order valence-corrected chi connectivity index (χ1v) is 13.6. The number of H-pyrrole nitrogens is 1. The van der Waals surface area contributed by atoms with Crippen LogP contribution in [-0.4, -0.2) is 68.5 Å². The van der Waals surface area contributed by atoms with Crippen LogP contribution < -0.4 is 11.2 Å². The van der Waals surface area contributed by atoms with E-state index in [1.54, 1.807) is 0 Å². The number of halogens is 6.